The first-order valence-corrected chi connectivity index (χ1v) is 13.8. The molecule has 0 N–H and O–H groups in total. The summed E-state index contributed by atoms with van der Waals surface area (Å²) in [6, 6.07) is 6.65. The van der Waals surface area contributed by atoms with Crippen LogP contribution >= 0.6 is 0 Å². The average Bonchev–Trinajstić information content (AvgIpc) is 2.71. The third-order valence-corrected chi connectivity index (χ3v) is 8.05. The summed E-state index contributed by atoms with van der Waals surface area (Å²) >= 11 is 0. The first-order chi connectivity index (χ1) is 15.0. The lowest BCUT2D eigenvalue weighted by Gasteiger charge is -2.46. The zero-order chi connectivity index (χ0) is 23.4. The lowest BCUT2D eigenvalue weighted by atomic mass is 9.65. The van der Waals surface area contributed by atoms with E-state index in [9.17, 15) is 13.2 Å². The quantitative estimate of drug-likeness (QED) is 0.522. The van der Waals surface area contributed by atoms with Crippen molar-refractivity contribution in [3.63, 3.8) is 0 Å². The van der Waals surface area contributed by atoms with Gasteiger partial charge in [0.1, 0.15) is 11.4 Å². The van der Waals surface area contributed by atoms with Gasteiger partial charge in [-0.1, -0.05) is 0 Å². The Balaban J connectivity index is 1.34. The summed E-state index contributed by atoms with van der Waals surface area (Å²) in [5, 5.41) is 0. The maximum Gasteiger partial charge on any atom is 0.410 e. The van der Waals surface area contributed by atoms with Gasteiger partial charge in [0.25, 0.3) is 0 Å². The Hall–Kier alpha value is -1.76. The van der Waals surface area contributed by atoms with E-state index in [1.54, 1.807) is 24.3 Å². The minimum Gasteiger partial charge on any atom is -0.494 e. The Morgan fingerprint density at radius 3 is 2.19 bits per heavy atom. The predicted molar refractivity (Wildman–Crippen MR) is 126 cm³/mol. The van der Waals surface area contributed by atoms with Crippen LogP contribution in [0.25, 0.3) is 0 Å². The number of amides is 1. The molecule has 1 amide bonds. The summed E-state index contributed by atoms with van der Waals surface area (Å²) in [6.07, 6.45) is 10.4. The van der Waals surface area contributed by atoms with Crippen molar-refractivity contribution in [3.05, 3.63) is 24.3 Å². The van der Waals surface area contributed by atoms with E-state index in [4.69, 9.17) is 9.47 Å². The number of benzene rings is 1. The zero-order valence-corrected chi connectivity index (χ0v) is 20.9. The maximum atomic E-state index is 12.3. The van der Waals surface area contributed by atoms with Gasteiger partial charge in [-0.25, -0.2) is 13.2 Å². The van der Waals surface area contributed by atoms with Gasteiger partial charge in [-0.15, -0.1) is 0 Å². The number of nitrogens with zero attached hydrogens (tertiary/aromatic N) is 1. The second kappa shape index (κ2) is 10.0. The maximum absolute atomic E-state index is 12.3. The third kappa shape index (κ3) is 7.12. The van der Waals surface area contributed by atoms with E-state index in [1.807, 2.05) is 25.7 Å². The monoisotopic (exact) mass is 465 g/mol. The van der Waals surface area contributed by atoms with Gasteiger partial charge in [0.15, 0.2) is 9.84 Å². The molecule has 1 saturated heterocycles. The van der Waals surface area contributed by atoms with Crippen molar-refractivity contribution in [2.45, 2.75) is 82.6 Å². The van der Waals surface area contributed by atoms with Crippen LogP contribution in [0.5, 0.6) is 5.75 Å². The summed E-state index contributed by atoms with van der Waals surface area (Å²) in [5.74, 6) is 1.47. The molecule has 1 saturated carbocycles. The first-order valence-electron chi connectivity index (χ1n) is 11.9. The van der Waals surface area contributed by atoms with Crippen molar-refractivity contribution in [3.8, 4) is 5.75 Å². The molecular weight excluding hydrogens is 426 g/mol. The van der Waals surface area contributed by atoms with Crippen LogP contribution in [0.4, 0.5) is 4.79 Å². The van der Waals surface area contributed by atoms with E-state index in [0.717, 1.165) is 44.0 Å². The normalized spacial score (nSPS) is 19.7. The molecular formula is C25H39NO5S. The standard InChI is InChI=1S/C25H39NO5S/c1-24(2,3)31-23(27)26-17-15-25(16-18-26)13-11-20(12-14-25)6-5-19-30-21-7-9-22(10-8-21)32(4,28)29/h7-10,20H,5-6,11-19H2,1-4H3. The molecule has 0 aromatic heterocycles. The van der Waals surface area contributed by atoms with Gasteiger partial charge in [-0.3, -0.25) is 0 Å². The summed E-state index contributed by atoms with van der Waals surface area (Å²) in [6.45, 7) is 8.02. The topological polar surface area (TPSA) is 72.9 Å². The van der Waals surface area contributed by atoms with E-state index < -0.39 is 15.4 Å². The number of hydrogen-bond donors (Lipinski definition) is 0. The van der Waals surface area contributed by atoms with Crippen LogP contribution in [0.2, 0.25) is 0 Å². The molecule has 2 aliphatic rings. The first kappa shape index (κ1) is 24.9. The molecule has 1 aliphatic heterocycles. The molecule has 0 unspecified atom stereocenters. The van der Waals surface area contributed by atoms with Gasteiger partial charge in [0.2, 0.25) is 0 Å². The lowest BCUT2D eigenvalue weighted by molar-refractivity contribution is 0.00101. The fourth-order valence-electron chi connectivity index (χ4n) is 4.91. The molecule has 2 fully saturated rings. The van der Waals surface area contributed by atoms with E-state index in [1.165, 1.54) is 38.4 Å². The largest absolute Gasteiger partial charge is 0.494 e. The van der Waals surface area contributed by atoms with E-state index >= 15 is 0 Å². The number of ether oxygens (including phenoxy) is 2. The number of sulfone groups is 1. The predicted octanol–water partition coefficient (Wildman–Crippen LogP) is 5.46. The summed E-state index contributed by atoms with van der Waals surface area (Å²) in [5.41, 5.74) is -0.0273. The number of likely N-dealkylation sites (tertiary alicyclic amines) is 1. The Bertz CT molecular complexity index is 855. The highest BCUT2D eigenvalue weighted by atomic mass is 32.2. The van der Waals surface area contributed by atoms with Crippen molar-refractivity contribution in [1.29, 1.82) is 0 Å². The number of carbonyl (C=O) groups is 1. The molecule has 32 heavy (non-hydrogen) atoms. The lowest BCUT2D eigenvalue weighted by Crippen LogP contribution is -2.46. The molecule has 0 atom stereocenters. The Morgan fingerprint density at radius 1 is 1.06 bits per heavy atom. The molecule has 180 valence electrons. The zero-order valence-electron chi connectivity index (χ0n) is 20.1. The van der Waals surface area contributed by atoms with E-state index in [0.29, 0.717) is 16.9 Å². The smallest absolute Gasteiger partial charge is 0.410 e. The van der Waals surface area contributed by atoms with Crippen LogP contribution < -0.4 is 4.74 Å². The molecule has 7 heteroatoms. The summed E-state index contributed by atoms with van der Waals surface area (Å²) in [4.78, 5) is 14.5. The molecule has 6 nitrogen and oxygen atoms in total. The van der Waals surface area contributed by atoms with Gasteiger partial charge >= 0.3 is 6.09 Å². The number of rotatable bonds is 6. The van der Waals surface area contributed by atoms with Crippen LogP contribution in [-0.2, 0) is 14.6 Å². The Morgan fingerprint density at radius 2 is 1.66 bits per heavy atom. The van der Waals surface area contributed by atoms with Gasteiger partial charge < -0.3 is 14.4 Å². The fourth-order valence-corrected chi connectivity index (χ4v) is 5.54. The van der Waals surface area contributed by atoms with Gasteiger partial charge in [-0.2, -0.15) is 0 Å². The molecule has 1 aliphatic carbocycles. The molecule has 1 aromatic carbocycles. The Kier molecular flexibility index (Phi) is 7.79. The number of piperidine rings is 1. The van der Waals surface area contributed by atoms with Gasteiger partial charge in [0, 0.05) is 19.3 Å². The number of carbonyl (C=O) groups excluding carboxylic acids is 1. The van der Waals surface area contributed by atoms with Crippen LogP contribution in [0.15, 0.2) is 29.2 Å². The van der Waals surface area contributed by atoms with Crippen LogP contribution in [0, 0.1) is 11.3 Å². The molecule has 0 radical (unpaired) electrons. The van der Waals surface area contributed by atoms with Crippen LogP contribution in [0.1, 0.15) is 72.1 Å². The molecule has 3 rings (SSSR count). The Labute approximate surface area is 193 Å². The average molecular weight is 466 g/mol. The highest BCUT2D eigenvalue weighted by molar-refractivity contribution is 7.90. The van der Waals surface area contributed by atoms with E-state index in [2.05, 4.69) is 0 Å². The second-order valence-corrected chi connectivity index (χ2v) is 12.7. The van der Waals surface area contributed by atoms with Crippen molar-refractivity contribution in [2.24, 2.45) is 11.3 Å². The highest BCUT2D eigenvalue weighted by Crippen LogP contribution is 2.47. The minimum absolute atomic E-state index is 0.174. The summed E-state index contributed by atoms with van der Waals surface area (Å²) in [7, 11) is -3.17. The van der Waals surface area contributed by atoms with Gasteiger partial charge in [0.05, 0.1) is 11.5 Å². The molecule has 1 spiro atoms. The van der Waals surface area contributed by atoms with Gasteiger partial charge in [-0.05, 0) is 108 Å². The minimum atomic E-state index is -3.17. The van der Waals surface area contributed by atoms with E-state index in [-0.39, 0.29) is 6.09 Å². The van der Waals surface area contributed by atoms with Crippen LogP contribution in [-0.4, -0.2) is 51.0 Å². The third-order valence-electron chi connectivity index (χ3n) is 6.92. The highest BCUT2D eigenvalue weighted by Gasteiger charge is 2.39. The SMILES string of the molecule is CC(C)(C)OC(=O)N1CCC2(CCC(CCCOc3ccc(S(C)(=O)=O)cc3)CC2)CC1. The summed E-state index contributed by atoms with van der Waals surface area (Å²) < 4.78 is 34.4. The van der Waals surface area contributed by atoms with Crippen molar-refractivity contribution in [1.82, 2.24) is 4.90 Å². The van der Waals surface area contributed by atoms with Crippen LogP contribution in [0.3, 0.4) is 0 Å². The fraction of sp³-hybridized carbons (Fsp3) is 0.720. The molecule has 1 heterocycles. The van der Waals surface area contributed by atoms with Crippen molar-refractivity contribution < 1.29 is 22.7 Å². The second-order valence-electron chi connectivity index (χ2n) is 10.6. The van der Waals surface area contributed by atoms with Crippen molar-refractivity contribution in [2.75, 3.05) is 26.0 Å². The van der Waals surface area contributed by atoms with Crippen molar-refractivity contribution >= 4 is 15.9 Å². The molecule has 0 bridgehead atoms. The molecule has 1 aromatic rings. The number of hydrogen-bond acceptors (Lipinski definition) is 5.